The first-order chi connectivity index (χ1) is 11.1. The Morgan fingerprint density at radius 2 is 2.17 bits per heavy atom. The van der Waals surface area contributed by atoms with Gasteiger partial charge in [0.1, 0.15) is 12.2 Å². The SMILES string of the molecule is Cc1c(Cl)cccc1Nc1nc(N)nc(CSc2ncn[nH]2)n1. The first-order valence-electron chi connectivity index (χ1n) is 6.62. The highest BCUT2D eigenvalue weighted by atomic mass is 35.5. The van der Waals surface area contributed by atoms with Crippen LogP contribution in [0.2, 0.25) is 5.02 Å². The van der Waals surface area contributed by atoms with E-state index in [-0.39, 0.29) is 5.95 Å². The molecule has 8 nitrogen and oxygen atoms in total. The topological polar surface area (TPSA) is 118 Å². The molecule has 2 aromatic heterocycles. The van der Waals surface area contributed by atoms with Crippen molar-refractivity contribution in [1.29, 1.82) is 0 Å². The summed E-state index contributed by atoms with van der Waals surface area (Å²) in [5, 5.41) is 11.0. The second-order valence-electron chi connectivity index (χ2n) is 4.55. The van der Waals surface area contributed by atoms with Crippen molar-refractivity contribution in [2.75, 3.05) is 11.1 Å². The van der Waals surface area contributed by atoms with E-state index in [1.54, 1.807) is 0 Å². The summed E-state index contributed by atoms with van der Waals surface area (Å²) in [6.07, 6.45) is 1.44. The average Bonchev–Trinajstić information content (AvgIpc) is 3.03. The lowest BCUT2D eigenvalue weighted by Crippen LogP contribution is -2.07. The van der Waals surface area contributed by atoms with Gasteiger partial charge in [-0.1, -0.05) is 29.4 Å². The molecule has 0 spiro atoms. The predicted molar refractivity (Wildman–Crippen MR) is 89.7 cm³/mol. The van der Waals surface area contributed by atoms with Crippen LogP contribution in [0.5, 0.6) is 0 Å². The van der Waals surface area contributed by atoms with E-state index in [1.165, 1.54) is 18.1 Å². The van der Waals surface area contributed by atoms with Crippen LogP contribution in [0.25, 0.3) is 0 Å². The van der Waals surface area contributed by atoms with E-state index in [9.17, 15) is 0 Å². The number of nitrogens with zero attached hydrogens (tertiary/aromatic N) is 5. The number of aromatic amines is 1. The fourth-order valence-electron chi connectivity index (χ4n) is 1.82. The minimum atomic E-state index is 0.148. The number of nitrogens with one attached hydrogen (secondary N) is 2. The van der Waals surface area contributed by atoms with Gasteiger partial charge in [-0.05, 0) is 24.6 Å². The number of nitrogen functional groups attached to an aromatic ring is 1. The van der Waals surface area contributed by atoms with Gasteiger partial charge >= 0.3 is 0 Å². The number of nitrogens with two attached hydrogens (primary N) is 1. The van der Waals surface area contributed by atoms with E-state index < -0.39 is 0 Å². The van der Waals surface area contributed by atoms with Crippen LogP contribution in [0.1, 0.15) is 11.4 Å². The Labute approximate surface area is 141 Å². The van der Waals surface area contributed by atoms with Gasteiger partial charge in [0.2, 0.25) is 11.9 Å². The van der Waals surface area contributed by atoms with Gasteiger partial charge in [0.25, 0.3) is 0 Å². The van der Waals surface area contributed by atoms with Gasteiger partial charge in [0, 0.05) is 10.7 Å². The predicted octanol–water partition coefficient (Wildman–Crippen LogP) is 2.57. The van der Waals surface area contributed by atoms with Crippen molar-refractivity contribution in [2.24, 2.45) is 0 Å². The molecule has 3 rings (SSSR count). The highest BCUT2D eigenvalue weighted by Gasteiger charge is 2.09. The molecular weight excluding hydrogens is 336 g/mol. The Bertz CT molecular complexity index is 808. The van der Waals surface area contributed by atoms with Gasteiger partial charge in [0.05, 0.1) is 5.75 Å². The largest absolute Gasteiger partial charge is 0.368 e. The monoisotopic (exact) mass is 348 g/mol. The molecule has 0 aliphatic heterocycles. The molecule has 10 heteroatoms. The van der Waals surface area contributed by atoms with E-state index >= 15 is 0 Å². The number of thioether (sulfide) groups is 1. The Balaban J connectivity index is 1.78. The summed E-state index contributed by atoms with van der Waals surface area (Å²) in [5.41, 5.74) is 7.48. The molecule has 3 aromatic rings. The number of aromatic nitrogens is 6. The second kappa shape index (κ2) is 6.80. The van der Waals surface area contributed by atoms with Crippen molar-refractivity contribution < 1.29 is 0 Å². The van der Waals surface area contributed by atoms with E-state index in [0.717, 1.165) is 11.3 Å². The zero-order chi connectivity index (χ0) is 16.2. The highest BCUT2D eigenvalue weighted by Crippen LogP contribution is 2.25. The number of hydrogen-bond donors (Lipinski definition) is 3. The van der Waals surface area contributed by atoms with Crippen LogP contribution in [-0.4, -0.2) is 30.1 Å². The first-order valence-corrected chi connectivity index (χ1v) is 7.99. The molecule has 0 aliphatic carbocycles. The van der Waals surface area contributed by atoms with Crippen molar-refractivity contribution in [1.82, 2.24) is 30.1 Å². The van der Waals surface area contributed by atoms with Crippen LogP contribution in [-0.2, 0) is 5.75 Å². The molecule has 0 bridgehead atoms. The van der Waals surface area contributed by atoms with Crippen molar-refractivity contribution in [3.8, 4) is 0 Å². The van der Waals surface area contributed by atoms with Crippen molar-refractivity contribution >= 4 is 40.9 Å². The summed E-state index contributed by atoms with van der Waals surface area (Å²) in [5.74, 6) is 1.55. The van der Waals surface area contributed by atoms with Gasteiger partial charge in [-0.3, -0.25) is 5.10 Å². The minimum absolute atomic E-state index is 0.148. The fraction of sp³-hybridized carbons (Fsp3) is 0.154. The third-order valence-electron chi connectivity index (χ3n) is 2.94. The summed E-state index contributed by atoms with van der Waals surface area (Å²) < 4.78 is 0. The molecular formula is C13H13ClN8S. The normalized spacial score (nSPS) is 10.7. The molecule has 0 aliphatic rings. The Hall–Kier alpha value is -2.39. The van der Waals surface area contributed by atoms with Gasteiger partial charge in [-0.15, -0.1) is 0 Å². The average molecular weight is 349 g/mol. The number of halogens is 1. The molecule has 0 radical (unpaired) electrons. The van der Waals surface area contributed by atoms with Gasteiger partial charge < -0.3 is 11.1 Å². The highest BCUT2D eigenvalue weighted by molar-refractivity contribution is 7.98. The third kappa shape index (κ3) is 3.88. The third-order valence-corrected chi connectivity index (χ3v) is 4.23. The van der Waals surface area contributed by atoms with E-state index in [2.05, 4.69) is 35.5 Å². The van der Waals surface area contributed by atoms with Gasteiger partial charge in [-0.2, -0.15) is 20.1 Å². The quantitative estimate of drug-likeness (QED) is 0.602. The summed E-state index contributed by atoms with van der Waals surface area (Å²) in [6, 6.07) is 5.57. The molecule has 0 saturated carbocycles. The number of hydrogen-bond acceptors (Lipinski definition) is 8. The Morgan fingerprint density at radius 1 is 1.30 bits per heavy atom. The van der Waals surface area contributed by atoms with E-state index in [4.69, 9.17) is 17.3 Å². The van der Waals surface area contributed by atoms with Crippen molar-refractivity contribution in [3.05, 3.63) is 40.9 Å². The molecule has 0 saturated heterocycles. The Morgan fingerprint density at radius 3 is 2.96 bits per heavy atom. The number of anilines is 3. The molecule has 0 amide bonds. The zero-order valence-electron chi connectivity index (χ0n) is 12.1. The van der Waals surface area contributed by atoms with Crippen LogP contribution in [0, 0.1) is 6.92 Å². The second-order valence-corrected chi connectivity index (χ2v) is 5.92. The van der Waals surface area contributed by atoms with Crippen LogP contribution >= 0.6 is 23.4 Å². The number of H-pyrrole nitrogens is 1. The molecule has 0 atom stereocenters. The lowest BCUT2D eigenvalue weighted by Gasteiger charge is -2.10. The van der Waals surface area contributed by atoms with E-state index in [0.29, 0.717) is 27.7 Å². The maximum atomic E-state index is 6.11. The Kier molecular flexibility index (Phi) is 4.58. The standard InChI is InChI=1S/C13H13ClN8S/c1-7-8(14)3-2-4-9(7)18-12-20-10(19-11(15)21-12)5-23-13-16-6-17-22-13/h2-4,6H,5H2,1H3,(H,16,17,22)(H3,15,18,19,20,21). The summed E-state index contributed by atoms with van der Waals surface area (Å²) in [6.45, 7) is 1.91. The van der Waals surface area contributed by atoms with Gasteiger partial charge in [-0.25, -0.2) is 4.98 Å². The number of rotatable bonds is 5. The minimum Gasteiger partial charge on any atom is -0.368 e. The fourth-order valence-corrected chi connectivity index (χ4v) is 2.63. The number of benzene rings is 1. The molecule has 4 N–H and O–H groups in total. The van der Waals surface area contributed by atoms with Crippen molar-refractivity contribution in [2.45, 2.75) is 17.8 Å². The smallest absolute Gasteiger partial charge is 0.232 e. The summed E-state index contributed by atoms with van der Waals surface area (Å²) in [4.78, 5) is 16.6. The summed E-state index contributed by atoms with van der Waals surface area (Å²) in [7, 11) is 0. The molecule has 23 heavy (non-hydrogen) atoms. The van der Waals surface area contributed by atoms with Crippen LogP contribution in [0.3, 0.4) is 0 Å². The van der Waals surface area contributed by atoms with Crippen LogP contribution in [0.4, 0.5) is 17.6 Å². The lowest BCUT2D eigenvalue weighted by molar-refractivity contribution is 0.955. The van der Waals surface area contributed by atoms with Gasteiger partial charge in [0.15, 0.2) is 5.16 Å². The summed E-state index contributed by atoms with van der Waals surface area (Å²) >= 11 is 7.53. The van der Waals surface area contributed by atoms with Crippen LogP contribution < -0.4 is 11.1 Å². The maximum absolute atomic E-state index is 6.11. The zero-order valence-corrected chi connectivity index (χ0v) is 13.7. The lowest BCUT2D eigenvalue weighted by atomic mass is 10.2. The molecule has 1 aromatic carbocycles. The van der Waals surface area contributed by atoms with Crippen molar-refractivity contribution in [3.63, 3.8) is 0 Å². The first kappa shape index (κ1) is 15.5. The molecule has 0 unspecified atom stereocenters. The molecule has 2 heterocycles. The molecule has 118 valence electrons. The van der Waals surface area contributed by atoms with E-state index in [1.807, 2.05) is 25.1 Å². The van der Waals surface area contributed by atoms with Crippen LogP contribution in [0.15, 0.2) is 29.7 Å². The maximum Gasteiger partial charge on any atom is 0.232 e. The molecule has 0 fully saturated rings.